The Hall–Kier alpha value is -1.59. The fraction of sp³-hybridized carbons (Fsp3) is 0.556. The first-order valence-corrected chi connectivity index (χ1v) is 4.81. The Balaban J connectivity index is 2.32. The topological polar surface area (TPSA) is 75.1 Å². The van der Waals surface area contributed by atoms with Crippen molar-refractivity contribution in [2.24, 2.45) is 5.92 Å². The number of hydrogen-bond donors (Lipinski definition) is 2. The number of aromatic amines is 1. The van der Waals surface area contributed by atoms with Crippen LogP contribution in [-0.2, 0) is 6.54 Å². The van der Waals surface area contributed by atoms with E-state index in [-0.39, 0.29) is 6.54 Å². The van der Waals surface area contributed by atoms with Crippen LogP contribution in [0.2, 0.25) is 0 Å². The van der Waals surface area contributed by atoms with E-state index < -0.39 is 22.9 Å². The molecule has 1 aliphatic carbocycles. The van der Waals surface area contributed by atoms with Gasteiger partial charge in [0.2, 0.25) is 11.7 Å². The van der Waals surface area contributed by atoms with Crippen LogP contribution in [0.5, 0.6) is 5.88 Å². The Labute approximate surface area is 84.2 Å². The van der Waals surface area contributed by atoms with Gasteiger partial charge in [-0.2, -0.15) is 4.39 Å². The molecule has 0 radical (unpaired) electrons. The zero-order valence-electron chi connectivity index (χ0n) is 7.99. The van der Waals surface area contributed by atoms with Crippen LogP contribution in [0.25, 0.3) is 0 Å². The second-order valence-electron chi connectivity index (χ2n) is 3.78. The van der Waals surface area contributed by atoms with Crippen molar-refractivity contribution in [2.45, 2.75) is 25.8 Å². The van der Waals surface area contributed by atoms with Crippen molar-refractivity contribution < 1.29 is 9.50 Å². The smallest absolute Gasteiger partial charge is 0.331 e. The lowest BCUT2D eigenvalue weighted by Gasteiger charge is -2.06. The fourth-order valence-electron chi connectivity index (χ4n) is 1.46. The highest BCUT2D eigenvalue weighted by molar-refractivity contribution is 5.09. The molecule has 0 amide bonds. The summed E-state index contributed by atoms with van der Waals surface area (Å²) >= 11 is 0. The van der Waals surface area contributed by atoms with Crippen molar-refractivity contribution in [2.75, 3.05) is 0 Å². The third-order valence-electron chi connectivity index (χ3n) is 2.57. The molecule has 0 atom stereocenters. The Kier molecular flexibility index (Phi) is 2.34. The van der Waals surface area contributed by atoms with Gasteiger partial charge in [-0.05, 0) is 12.3 Å². The van der Waals surface area contributed by atoms with Gasteiger partial charge >= 0.3 is 5.69 Å². The Morgan fingerprint density at radius 3 is 2.73 bits per heavy atom. The van der Waals surface area contributed by atoms with Crippen LogP contribution in [0, 0.1) is 11.7 Å². The molecule has 15 heavy (non-hydrogen) atoms. The molecule has 0 bridgehead atoms. The number of nitrogens with one attached hydrogen (secondary N) is 1. The molecule has 1 heterocycles. The maximum absolute atomic E-state index is 13.0. The average molecular weight is 214 g/mol. The summed E-state index contributed by atoms with van der Waals surface area (Å²) in [6.45, 7) is 0.239. The average Bonchev–Trinajstić information content (AvgIpc) is 2.98. The van der Waals surface area contributed by atoms with Crippen molar-refractivity contribution in [3.8, 4) is 5.88 Å². The molecular weight excluding hydrogens is 203 g/mol. The first-order chi connectivity index (χ1) is 7.09. The second-order valence-corrected chi connectivity index (χ2v) is 3.78. The molecule has 6 heteroatoms. The molecule has 0 saturated heterocycles. The molecule has 5 nitrogen and oxygen atoms in total. The van der Waals surface area contributed by atoms with Crippen LogP contribution < -0.4 is 11.2 Å². The van der Waals surface area contributed by atoms with E-state index in [0.717, 1.165) is 23.8 Å². The van der Waals surface area contributed by atoms with Gasteiger partial charge in [0.25, 0.3) is 5.56 Å². The van der Waals surface area contributed by atoms with Crippen LogP contribution in [0.3, 0.4) is 0 Å². The van der Waals surface area contributed by atoms with Crippen molar-refractivity contribution >= 4 is 0 Å². The number of hydrogen-bond acceptors (Lipinski definition) is 3. The van der Waals surface area contributed by atoms with E-state index in [2.05, 4.69) is 0 Å². The minimum atomic E-state index is -1.30. The highest BCUT2D eigenvalue weighted by Gasteiger charge is 2.22. The van der Waals surface area contributed by atoms with E-state index in [1.54, 1.807) is 0 Å². The van der Waals surface area contributed by atoms with Gasteiger partial charge in [0.1, 0.15) is 0 Å². The van der Waals surface area contributed by atoms with Crippen LogP contribution in [0.15, 0.2) is 9.59 Å². The number of H-pyrrole nitrogens is 1. The first-order valence-electron chi connectivity index (χ1n) is 4.81. The number of nitrogens with zero attached hydrogens (tertiary/aromatic N) is 1. The summed E-state index contributed by atoms with van der Waals surface area (Å²) in [4.78, 5) is 23.8. The highest BCUT2D eigenvalue weighted by atomic mass is 19.1. The third-order valence-corrected chi connectivity index (χ3v) is 2.57. The molecule has 1 aromatic rings. The fourth-order valence-corrected chi connectivity index (χ4v) is 1.46. The van der Waals surface area contributed by atoms with E-state index in [4.69, 9.17) is 0 Å². The summed E-state index contributed by atoms with van der Waals surface area (Å²) in [5.74, 6) is -1.61. The Morgan fingerprint density at radius 1 is 1.47 bits per heavy atom. The number of rotatable bonds is 3. The minimum absolute atomic E-state index is 0.239. The molecule has 0 aliphatic heterocycles. The van der Waals surface area contributed by atoms with Crippen LogP contribution >= 0.6 is 0 Å². The number of aromatic hydroxyl groups is 1. The molecule has 1 aliphatic rings. The molecule has 0 aromatic carbocycles. The normalized spacial score (nSPS) is 15.5. The van der Waals surface area contributed by atoms with Crippen molar-refractivity contribution in [1.82, 2.24) is 9.55 Å². The molecular formula is C9H11FN2O3. The van der Waals surface area contributed by atoms with Crippen molar-refractivity contribution in [3.05, 3.63) is 26.7 Å². The van der Waals surface area contributed by atoms with Gasteiger partial charge in [0.15, 0.2) is 0 Å². The molecule has 2 rings (SSSR count). The summed E-state index contributed by atoms with van der Waals surface area (Å²) in [5, 5.41) is 9.26. The van der Waals surface area contributed by atoms with E-state index in [9.17, 15) is 19.1 Å². The van der Waals surface area contributed by atoms with Crippen molar-refractivity contribution in [3.63, 3.8) is 0 Å². The summed E-state index contributed by atoms with van der Waals surface area (Å²) in [6.07, 6.45) is 2.95. The van der Waals surface area contributed by atoms with Crippen molar-refractivity contribution in [1.29, 1.82) is 0 Å². The van der Waals surface area contributed by atoms with Gasteiger partial charge in [-0.15, -0.1) is 0 Å². The lowest BCUT2D eigenvalue weighted by molar-refractivity contribution is 0.355. The van der Waals surface area contributed by atoms with Gasteiger partial charge in [0, 0.05) is 6.54 Å². The van der Waals surface area contributed by atoms with E-state index in [1.165, 1.54) is 0 Å². The molecule has 1 aromatic heterocycles. The predicted octanol–water partition coefficient (Wildman–Crippen LogP) is 0.181. The van der Waals surface area contributed by atoms with Gasteiger partial charge < -0.3 is 5.11 Å². The van der Waals surface area contributed by atoms with Gasteiger partial charge in [0.05, 0.1) is 0 Å². The van der Waals surface area contributed by atoms with Crippen LogP contribution in [-0.4, -0.2) is 14.7 Å². The Bertz CT molecular complexity index is 487. The lowest BCUT2D eigenvalue weighted by atomic mass is 10.3. The lowest BCUT2D eigenvalue weighted by Crippen LogP contribution is -2.32. The van der Waals surface area contributed by atoms with Crippen LogP contribution in [0.1, 0.15) is 19.3 Å². The standard InChI is InChI=1S/C9H11FN2O3/c10-6-7(13)11-9(15)12(8(6)14)4-3-5-1-2-5/h5,14H,1-4H2,(H,11,13,15). The zero-order chi connectivity index (χ0) is 11.0. The second kappa shape index (κ2) is 3.52. The quantitative estimate of drug-likeness (QED) is 0.753. The molecule has 0 unspecified atom stereocenters. The molecule has 0 spiro atoms. The first kappa shape index (κ1) is 9.95. The summed E-state index contributed by atoms with van der Waals surface area (Å²) in [6, 6.07) is 0. The molecule has 82 valence electrons. The summed E-state index contributed by atoms with van der Waals surface area (Å²) in [7, 11) is 0. The molecule has 1 fully saturated rings. The maximum Gasteiger partial charge on any atom is 0.331 e. The van der Waals surface area contributed by atoms with Gasteiger partial charge in [-0.1, -0.05) is 12.8 Å². The highest BCUT2D eigenvalue weighted by Crippen LogP contribution is 2.32. The third kappa shape index (κ3) is 1.93. The SMILES string of the molecule is O=c1[nH]c(=O)n(CCC2CC2)c(O)c1F. The monoisotopic (exact) mass is 214 g/mol. The minimum Gasteiger partial charge on any atom is -0.492 e. The molecule has 1 saturated carbocycles. The van der Waals surface area contributed by atoms with E-state index >= 15 is 0 Å². The van der Waals surface area contributed by atoms with Gasteiger partial charge in [-0.25, -0.2) is 4.79 Å². The summed E-state index contributed by atoms with van der Waals surface area (Å²) < 4.78 is 13.8. The number of halogens is 1. The number of aromatic nitrogens is 2. The predicted molar refractivity (Wildman–Crippen MR) is 50.3 cm³/mol. The molecule has 2 N–H and O–H groups in total. The van der Waals surface area contributed by atoms with E-state index in [1.807, 2.05) is 4.98 Å². The van der Waals surface area contributed by atoms with E-state index in [0.29, 0.717) is 5.92 Å². The summed E-state index contributed by atoms with van der Waals surface area (Å²) in [5.41, 5.74) is -1.94. The largest absolute Gasteiger partial charge is 0.492 e. The Morgan fingerprint density at radius 2 is 2.13 bits per heavy atom. The van der Waals surface area contributed by atoms with Crippen LogP contribution in [0.4, 0.5) is 4.39 Å². The zero-order valence-corrected chi connectivity index (χ0v) is 7.99. The van der Waals surface area contributed by atoms with Gasteiger partial charge in [-0.3, -0.25) is 14.3 Å². The maximum atomic E-state index is 13.0.